The molecule has 2 heteroatoms. The molecule has 1 unspecified atom stereocenters. The summed E-state index contributed by atoms with van der Waals surface area (Å²) < 4.78 is 0. The van der Waals surface area contributed by atoms with Gasteiger partial charge in [0.15, 0.2) is 0 Å². The summed E-state index contributed by atoms with van der Waals surface area (Å²) in [4.78, 5) is 13.8. The van der Waals surface area contributed by atoms with Gasteiger partial charge in [0.1, 0.15) is 5.78 Å². The molecule has 2 nitrogen and oxygen atoms in total. The molecule has 2 saturated heterocycles. The molecule has 2 aliphatic heterocycles. The summed E-state index contributed by atoms with van der Waals surface area (Å²) in [5.74, 6) is 1.13. The van der Waals surface area contributed by atoms with Gasteiger partial charge in [0.2, 0.25) is 0 Å². The van der Waals surface area contributed by atoms with Crippen LogP contribution in [-0.2, 0) is 11.2 Å². The fourth-order valence-electron chi connectivity index (χ4n) is 4.02. The molecule has 3 rings (SSSR count). The Morgan fingerprint density at radius 1 is 1.16 bits per heavy atom. The number of rotatable bonds is 4. The third-order valence-electron chi connectivity index (χ3n) is 4.75. The van der Waals surface area contributed by atoms with Crippen molar-refractivity contribution in [3.63, 3.8) is 0 Å². The normalized spacial score (nSPS) is 30.5. The van der Waals surface area contributed by atoms with Gasteiger partial charge in [-0.15, -0.1) is 0 Å². The highest BCUT2D eigenvalue weighted by molar-refractivity contribution is 5.77. The van der Waals surface area contributed by atoms with Crippen molar-refractivity contribution >= 4 is 5.78 Å². The molecule has 0 radical (unpaired) electrons. The van der Waals surface area contributed by atoms with E-state index < -0.39 is 0 Å². The third kappa shape index (κ3) is 2.89. The van der Waals surface area contributed by atoms with Crippen molar-refractivity contribution in [1.82, 2.24) is 4.90 Å². The van der Waals surface area contributed by atoms with Gasteiger partial charge < -0.3 is 0 Å². The Kier molecular flexibility index (Phi) is 3.69. The molecule has 0 spiro atoms. The molecule has 19 heavy (non-hydrogen) atoms. The monoisotopic (exact) mass is 257 g/mol. The first-order valence-electron chi connectivity index (χ1n) is 7.51. The van der Waals surface area contributed by atoms with Gasteiger partial charge in [-0.05, 0) is 50.5 Å². The van der Waals surface area contributed by atoms with Crippen LogP contribution in [0.25, 0.3) is 0 Å². The Labute approximate surface area is 115 Å². The summed E-state index contributed by atoms with van der Waals surface area (Å²) in [6, 6.07) is 12.2. The summed E-state index contributed by atoms with van der Waals surface area (Å²) in [6.07, 6.45) is 6.35. The highest BCUT2D eigenvalue weighted by Gasteiger charge is 2.40. The van der Waals surface area contributed by atoms with Crippen LogP contribution in [0, 0.1) is 5.92 Å². The largest absolute Gasteiger partial charge is 0.299 e. The van der Waals surface area contributed by atoms with Crippen molar-refractivity contribution in [2.75, 3.05) is 6.54 Å². The molecule has 0 amide bonds. The smallest absolute Gasteiger partial charge is 0.143 e. The van der Waals surface area contributed by atoms with E-state index in [2.05, 4.69) is 35.2 Å². The fourth-order valence-corrected chi connectivity index (χ4v) is 4.02. The van der Waals surface area contributed by atoms with Gasteiger partial charge >= 0.3 is 0 Å². The van der Waals surface area contributed by atoms with Gasteiger partial charge in [-0.3, -0.25) is 9.69 Å². The van der Waals surface area contributed by atoms with E-state index in [0.29, 0.717) is 24.4 Å². The molecule has 0 saturated carbocycles. The van der Waals surface area contributed by atoms with Crippen LogP contribution in [0.5, 0.6) is 0 Å². The van der Waals surface area contributed by atoms with Crippen molar-refractivity contribution < 1.29 is 4.79 Å². The van der Waals surface area contributed by atoms with Crippen molar-refractivity contribution in [2.24, 2.45) is 5.92 Å². The molecule has 0 aromatic heterocycles. The molecule has 0 aliphatic carbocycles. The van der Waals surface area contributed by atoms with Crippen LogP contribution in [0.1, 0.15) is 38.2 Å². The zero-order valence-corrected chi connectivity index (χ0v) is 11.7. The first-order valence-corrected chi connectivity index (χ1v) is 7.51. The highest BCUT2D eigenvalue weighted by atomic mass is 16.1. The summed E-state index contributed by atoms with van der Waals surface area (Å²) in [5.41, 5.74) is 1.46. The average molecular weight is 257 g/mol. The topological polar surface area (TPSA) is 20.3 Å². The first-order chi connectivity index (χ1) is 9.22. The van der Waals surface area contributed by atoms with Gasteiger partial charge in [0, 0.05) is 12.1 Å². The lowest BCUT2D eigenvalue weighted by atomic mass is 9.85. The number of fused-ring (bicyclic) bond motifs is 2. The summed E-state index contributed by atoms with van der Waals surface area (Å²) in [5, 5.41) is 0. The molecule has 2 heterocycles. The van der Waals surface area contributed by atoms with Crippen LogP contribution in [0.4, 0.5) is 0 Å². The summed E-state index contributed by atoms with van der Waals surface area (Å²) in [7, 11) is 0. The van der Waals surface area contributed by atoms with Crippen LogP contribution in [-0.4, -0.2) is 29.3 Å². The molecule has 1 aromatic carbocycles. The Morgan fingerprint density at radius 3 is 2.37 bits per heavy atom. The van der Waals surface area contributed by atoms with E-state index >= 15 is 0 Å². The Morgan fingerprint density at radius 2 is 1.79 bits per heavy atom. The second-order valence-corrected chi connectivity index (χ2v) is 6.29. The van der Waals surface area contributed by atoms with Crippen LogP contribution in [0.3, 0.4) is 0 Å². The minimum absolute atomic E-state index is 0.318. The van der Waals surface area contributed by atoms with E-state index in [-0.39, 0.29) is 0 Å². The number of nitrogens with zero attached hydrogens (tertiary/aromatic N) is 1. The lowest BCUT2D eigenvalue weighted by Crippen LogP contribution is -2.45. The van der Waals surface area contributed by atoms with Gasteiger partial charge in [-0.1, -0.05) is 30.3 Å². The predicted molar refractivity (Wildman–Crippen MR) is 77.1 cm³/mol. The lowest BCUT2D eigenvalue weighted by molar-refractivity contribution is -0.119. The van der Waals surface area contributed by atoms with Crippen LogP contribution < -0.4 is 0 Å². The van der Waals surface area contributed by atoms with E-state index in [1.54, 1.807) is 6.92 Å². The molecule has 2 fully saturated rings. The van der Waals surface area contributed by atoms with E-state index in [9.17, 15) is 4.79 Å². The van der Waals surface area contributed by atoms with Gasteiger partial charge in [-0.2, -0.15) is 0 Å². The molecular weight excluding hydrogens is 234 g/mol. The molecule has 2 bridgehead atoms. The van der Waals surface area contributed by atoms with Crippen molar-refractivity contribution in [1.29, 1.82) is 0 Å². The SMILES string of the molecule is CC(=O)CN1[C@@H]2CC[C@H]1CC(Cc1ccccc1)C2. The third-order valence-corrected chi connectivity index (χ3v) is 4.75. The zero-order chi connectivity index (χ0) is 13.2. The Bertz CT molecular complexity index is 428. The molecule has 3 atom stereocenters. The standard InChI is InChI=1S/C17H23NO/c1-13(19)12-18-16-7-8-17(18)11-15(10-16)9-14-5-3-2-4-6-14/h2-6,15-17H,7-12H2,1H3/t15?,16-,17+. The average Bonchev–Trinajstić information content (AvgIpc) is 2.62. The van der Waals surface area contributed by atoms with E-state index in [4.69, 9.17) is 0 Å². The number of piperidine rings is 1. The number of ketones is 1. The van der Waals surface area contributed by atoms with Crippen molar-refractivity contribution in [2.45, 2.75) is 51.1 Å². The maximum atomic E-state index is 11.4. The van der Waals surface area contributed by atoms with Crippen LogP contribution in [0.15, 0.2) is 30.3 Å². The molecule has 2 aliphatic rings. The van der Waals surface area contributed by atoms with E-state index in [0.717, 1.165) is 5.92 Å². The minimum Gasteiger partial charge on any atom is -0.299 e. The number of carbonyl (C=O) groups excluding carboxylic acids is 1. The quantitative estimate of drug-likeness (QED) is 0.826. The van der Waals surface area contributed by atoms with Crippen LogP contribution in [0.2, 0.25) is 0 Å². The Balaban J connectivity index is 1.63. The first kappa shape index (κ1) is 12.9. The van der Waals surface area contributed by atoms with Gasteiger partial charge in [0.25, 0.3) is 0 Å². The maximum Gasteiger partial charge on any atom is 0.143 e. The second kappa shape index (κ2) is 5.46. The highest BCUT2D eigenvalue weighted by Crippen LogP contribution is 2.39. The minimum atomic E-state index is 0.318. The number of carbonyl (C=O) groups is 1. The summed E-state index contributed by atoms with van der Waals surface area (Å²) >= 11 is 0. The molecular formula is C17H23NO. The molecule has 1 aromatic rings. The number of hydrogen-bond acceptors (Lipinski definition) is 2. The Hall–Kier alpha value is -1.15. The number of benzene rings is 1. The van der Waals surface area contributed by atoms with E-state index in [1.807, 2.05) is 0 Å². The molecule has 102 valence electrons. The van der Waals surface area contributed by atoms with Gasteiger partial charge in [-0.25, -0.2) is 0 Å². The fraction of sp³-hybridized carbons (Fsp3) is 0.588. The number of Topliss-reactive ketones (excluding diaryl/α,β-unsaturated/α-hetero) is 1. The van der Waals surface area contributed by atoms with Crippen molar-refractivity contribution in [3.05, 3.63) is 35.9 Å². The number of hydrogen-bond donors (Lipinski definition) is 0. The van der Waals surface area contributed by atoms with Crippen LogP contribution >= 0.6 is 0 Å². The zero-order valence-electron chi connectivity index (χ0n) is 11.7. The lowest BCUT2D eigenvalue weighted by Gasteiger charge is -2.38. The second-order valence-electron chi connectivity index (χ2n) is 6.29. The van der Waals surface area contributed by atoms with E-state index in [1.165, 1.54) is 37.7 Å². The van der Waals surface area contributed by atoms with Gasteiger partial charge in [0.05, 0.1) is 6.54 Å². The molecule has 0 N–H and O–H groups in total. The maximum absolute atomic E-state index is 11.4. The van der Waals surface area contributed by atoms with Crippen molar-refractivity contribution in [3.8, 4) is 0 Å². The summed E-state index contributed by atoms with van der Waals surface area (Å²) in [6.45, 7) is 2.39. The predicted octanol–water partition coefficient (Wildman–Crippen LogP) is 3.06.